The summed E-state index contributed by atoms with van der Waals surface area (Å²) in [5.74, 6) is 1.27. The van der Waals surface area contributed by atoms with E-state index in [4.69, 9.17) is 21.1 Å². The highest BCUT2D eigenvalue weighted by Gasteiger charge is 2.28. The van der Waals surface area contributed by atoms with Crippen molar-refractivity contribution < 1.29 is 14.3 Å². The summed E-state index contributed by atoms with van der Waals surface area (Å²) in [6.45, 7) is 1.90. The van der Waals surface area contributed by atoms with E-state index in [1.165, 1.54) is 0 Å². The lowest BCUT2D eigenvalue weighted by Gasteiger charge is -2.32. The Labute approximate surface area is 185 Å². The zero-order chi connectivity index (χ0) is 21.6. The maximum absolute atomic E-state index is 12.9. The summed E-state index contributed by atoms with van der Waals surface area (Å²) in [5, 5.41) is 11.0. The number of amides is 1. The molecule has 31 heavy (non-hydrogen) atoms. The number of carbonyl (C=O) groups excluding carboxylic acids is 1. The second-order valence-electron chi connectivity index (χ2n) is 7.14. The number of morpholine rings is 1. The van der Waals surface area contributed by atoms with Gasteiger partial charge in [-0.15, -0.1) is 0 Å². The lowest BCUT2D eigenvalue weighted by atomic mass is 10.1. The summed E-state index contributed by atoms with van der Waals surface area (Å²) in [6.07, 6.45) is 2.00. The average molecular weight is 442 g/mol. The lowest BCUT2D eigenvalue weighted by molar-refractivity contribution is -0.0247. The number of anilines is 1. The van der Waals surface area contributed by atoms with Gasteiger partial charge < -0.3 is 19.7 Å². The molecule has 4 rings (SSSR count). The molecule has 9 heteroatoms. The third-order valence-electron chi connectivity index (χ3n) is 5.06. The van der Waals surface area contributed by atoms with Crippen LogP contribution >= 0.6 is 11.6 Å². The van der Waals surface area contributed by atoms with Crippen LogP contribution in [0.15, 0.2) is 48.7 Å². The first-order valence-electron chi connectivity index (χ1n) is 10.1. The Hall–Kier alpha value is -3.10. The molecule has 1 saturated heterocycles. The molecule has 2 aromatic heterocycles. The monoisotopic (exact) mass is 441 g/mol. The van der Waals surface area contributed by atoms with E-state index in [0.29, 0.717) is 54.9 Å². The number of H-pyrrole nitrogens is 1. The molecule has 1 aliphatic heterocycles. The van der Waals surface area contributed by atoms with Crippen LogP contribution in [0.3, 0.4) is 0 Å². The van der Waals surface area contributed by atoms with E-state index in [1.54, 1.807) is 36.3 Å². The minimum Gasteiger partial charge on any atom is -0.492 e. The van der Waals surface area contributed by atoms with Crippen LogP contribution in [0, 0.1) is 0 Å². The molecule has 0 radical (unpaired) electrons. The number of nitrogens with one attached hydrogen (secondary N) is 2. The number of benzene rings is 1. The van der Waals surface area contributed by atoms with Crippen LogP contribution < -0.4 is 10.1 Å². The van der Waals surface area contributed by atoms with Crippen molar-refractivity contribution in [3.8, 4) is 5.75 Å². The van der Waals surface area contributed by atoms with Gasteiger partial charge >= 0.3 is 0 Å². The summed E-state index contributed by atoms with van der Waals surface area (Å²) in [4.78, 5) is 18.9. The molecule has 3 heterocycles. The summed E-state index contributed by atoms with van der Waals surface area (Å²) < 4.78 is 11.6. The molecule has 1 fully saturated rings. The van der Waals surface area contributed by atoms with Gasteiger partial charge in [-0.25, -0.2) is 4.98 Å². The minimum absolute atomic E-state index is 0.0453. The SMILES string of the molecule is CNc1cc(C(=O)N2CCO[C@@H](c3cc(CCOc4ccccc4Cl)[nH]n3)C2)ccn1. The van der Waals surface area contributed by atoms with Gasteiger partial charge in [0.05, 0.1) is 30.5 Å². The number of para-hydroxylation sites is 1. The topological polar surface area (TPSA) is 92.4 Å². The van der Waals surface area contributed by atoms with Crippen LogP contribution in [0.1, 0.15) is 27.8 Å². The average Bonchev–Trinajstić information content (AvgIpc) is 3.29. The maximum atomic E-state index is 12.9. The Balaban J connectivity index is 1.35. The number of nitrogens with zero attached hydrogens (tertiary/aromatic N) is 3. The van der Waals surface area contributed by atoms with E-state index in [2.05, 4.69) is 20.5 Å². The van der Waals surface area contributed by atoms with Crippen molar-refractivity contribution in [3.63, 3.8) is 0 Å². The molecule has 1 atom stereocenters. The molecule has 0 bridgehead atoms. The molecule has 1 aliphatic rings. The first-order chi connectivity index (χ1) is 15.1. The van der Waals surface area contributed by atoms with Gasteiger partial charge in [0.25, 0.3) is 5.91 Å². The Morgan fingerprint density at radius 1 is 1.35 bits per heavy atom. The second-order valence-corrected chi connectivity index (χ2v) is 7.54. The number of carbonyl (C=O) groups is 1. The highest BCUT2D eigenvalue weighted by molar-refractivity contribution is 6.32. The van der Waals surface area contributed by atoms with Gasteiger partial charge in [-0.3, -0.25) is 9.89 Å². The summed E-state index contributed by atoms with van der Waals surface area (Å²) in [5.41, 5.74) is 2.30. The minimum atomic E-state index is -0.280. The molecule has 8 nitrogen and oxygen atoms in total. The molecule has 0 spiro atoms. The number of halogens is 1. The van der Waals surface area contributed by atoms with E-state index in [-0.39, 0.29) is 12.0 Å². The van der Waals surface area contributed by atoms with E-state index < -0.39 is 0 Å². The fraction of sp³-hybridized carbons (Fsp3) is 0.318. The van der Waals surface area contributed by atoms with Gasteiger partial charge in [-0.1, -0.05) is 23.7 Å². The van der Waals surface area contributed by atoms with Crippen molar-refractivity contribution in [3.05, 3.63) is 70.6 Å². The Bertz CT molecular complexity index is 1040. The van der Waals surface area contributed by atoms with Crippen LogP contribution in [0.2, 0.25) is 5.02 Å². The Morgan fingerprint density at radius 3 is 3.06 bits per heavy atom. The fourth-order valence-corrected chi connectivity index (χ4v) is 3.59. The summed E-state index contributed by atoms with van der Waals surface area (Å²) in [6, 6.07) is 12.8. The molecule has 3 aromatic rings. The predicted octanol–water partition coefficient (Wildman–Crippen LogP) is 3.34. The van der Waals surface area contributed by atoms with E-state index in [0.717, 1.165) is 11.4 Å². The quantitative estimate of drug-likeness (QED) is 0.584. The number of hydrogen-bond acceptors (Lipinski definition) is 6. The van der Waals surface area contributed by atoms with E-state index >= 15 is 0 Å². The Morgan fingerprint density at radius 2 is 2.23 bits per heavy atom. The molecule has 0 unspecified atom stereocenters. The Kier molecular flexibility index (Phi) is 6.69. The molecule has 162 valence electrons. The number of hydrogen-bond donors (Lipinski definition) is 2. The molecule has 0 saturated carbocycles. The first-order valence-corrected chi connectivity index (χ1v) is 10.5. The van der Waals surface area contributed by atoms with Crippen LogP contribution in [0.25, 0.3) is 0 Å². The lowest BCUT2D eigenvalue weighted by Crippen LogP contribution is -2.42. The van der Waals surface area contributed by atoms with Crippen molar-refractivity contribution in [1.29, 1.82) is 0 Å². The van der Waals surface area contributed by atoms with Crippen molar-refractivity contribution in [2.24, 2.45) is 0 Å². The molecular weight excluding hydrogens is 418 g/mol. The maximum Gasteiger partial charge on any atom is 0.254 e. The number of pyridine rings is 1. The third-order valence-corrected chi connectivity index (χ3v) is 5.38. The largest absolute Gasteiger partial charge is 0.492 e. The number of aromatic nitrogens is 3. The van der Waals surface area contributed by atoms with Crippen LogP contribution in [0.5, 0.6) is 5.75 Å². The van der Waals surface area contributed by atoms with Crippen molar-refractivity contribution in [2.75, 3.05) is 38.7 Å². The highest BCUT2D eigenvalue weighted by Crippen LogP contribution is 2.24. The van der Waals surface area contributed by atoms with E-state index in [9.17, 15) is 4.79 Å². The van der Waals surface area contributed by atoms with Gasteiger partial charge in [-0.05, 0) is 30.3 Å². The van der Waals surface area contributed by atoms with Gasteiger partial charge in [0.2, 0.25) is 0 Å². The smallest absolute Gasteiger partial charge is 0.254 e. The van der Waals surface area contributed by atoms with Crippen LogP contribution in [0.4, 0.5) is 5.82 Å². The third kappa shape index (κ3) is 5.15. The fourth-order valence-electron chi connectivity index (χ4n) is 3.40. The van der Waals surface area contributed by atoms with Gasteiger partial charge in [0.1, 0.15) is 17.7 Å². The van der Waals surface area contributed by atoms with Gasteiger partial charge in [0, 0.05) is 37.5 Å². The summed E-state index contributed by atoms with van der Waals surface area (Å²) >= 11 is 6.11. The predicted molar refractivity (Wildman–Crippen MR) is 118 cm³/mol. The molecule has 1 amide bonds. The van der Waals surface area contributed by atoms with Gasteiger partial charge in [-0.2, -0.15) is 5.10 Å². The van der Waals surface area contributed by atoms with Crippen LogP contribution in [-0.2, 0) is 11.2 Å². The molecule has 1 aromatic carbocycles. The number of aromatic amines is 1. The molecular formula is C22H24ClN5O3. The van der Waals surface area contributed by atoms with Crippen molar-refractivity contribution in [1.82, 2.24) is 20.1 Å². The number of rotatable bonds is 7. The highest BCUT2D eigenvalue weighted by atomic mass is 35.5. The first kappa shape index (κ1) is 21.1. The molecule has 2 N–H and O–H groups in total. The second kappa shape index (κ2) is 9.80. The molecule has 0 aliphatic carbocycles. The van der Waals surface area contributed by atoms with Crippen molar-refractivity contribution in [2.45, 2.75) is 12.5 Å². The van der Waals surface area contributed by atoms with Crippen LogP contribution in [-0.4, -0.2) is 59.3 Å². The zero-order valence-corrected chi connectivity index (χ0v) is 17.9. The van der Waals surface area contributed by atoms with Crippen molar-refractivity contribution >= 4 is 23.3 Å². The number of ether oxygens (including phenoxy) is 2. The van der Waals surface area contributed by atoms with E-state index in [1.807, 2.05) is 24.3 Å². The summed E-state index contributed by atoms with van der Waals surface area (Å²) in [7, 11) is 1.77. The standard InChI is InChI=1S/C22H24ClN5O3/c1-24-21-12-15(6-8-25-21)22(29)28-9-11-31-20(14-28)18-13-16(26-27-18)7-10-30-19-5-3-2-4-17(19)23/h2-6,8,12-13,20H,7,9-11,14H2,1H3,(H,24,25)(H,26,27)/t20-/m1/s1. The van der Waals surface area contributed by atoms with Gasteiger partial charge in [0.15, 0.2) is 0 Å². The zero-order valence-electron chi connectivity index (χ0n) is 17.2. The normalized spacial score (nSPS) is 16.2.